The number of likely N-dealkylation sites (tertiary alicyclic amines) is 1. The molecule has 0 saturated carbocycles. The third-order valence-electron chi connectivity index (χ3n) is 5.16. The van der Waals surface area contributed by atoms with Crippen LogP contribution < -0.4 is 9.47 Å². The van der Waals surface area contributed by atoms with Crippen molar-refractivity contribution in [3.63, 3.8) is 0 Å². The molecule has 2 aromatic rings. The summed E-state index contributed by atoms with van der Waals surface area (Å²) in [6.07, 6.45) is 0.955. The lowest BCUT2D eigenvalue weighted by atomic mass is 10.2. The molecule has 1 unspecified atom stereocenters. The van der Waals surface area contributed by atoms with E-state index >= 15 is 0 Å². The van der Waals surface area contributed by atoms with Gasteiger partial charge in [-0.1, -0.05) is 22.9 Å². The zero-order chi connectivity index (χ0) is 19.7. The van der Waals surface area contributed by atoms with E-state index in [4.69, 9.17) is 9.47 Å². The van der Waals surface area contributed by atoms with Crippen molar-refractivity contribution in [1.29, 1.82) is 0 Å². The van der Waals surface area contributed by atoms with Gasteiger partial charge in [-0.15, -0.1) is 0 Å². The second-order valence-electron chi connectivity index (χ2n) is 6.93. The number of hydrogen-bond donors (Lipinski definition) is 2. The van der Waals surface area contributed by atoms with Crippen molar-refractivity contribution in [2.75, 3.05) is 33.3 Å². The average Bonchev–Trinajstić information content (AvgIpc) is 3.22. The van der Waals surface area contributed by atoms with Crippen molar-refractivity contribution in [1.82, 2.24) is 9.21 Å². The Bertz CT molecular complexity index is 858. The minimum atomic E-state index is -3.24. The highest BCUT2D eigenvalue weighted by Crippen LogP contribution is 2.58. The second kappa shape index (κ2) is 7.63. The van der Waals surface area contributed by atoms with Crippen molar-refractivity contribution in [3.8, 4) is 11.5 Å². The van der Waals surface area contributed by atoms with Crippen LogP contribution >= 0.6 is 10.8 Å². The number of carbonyl (C=O) groups is 1. The van der Waals surface area contributed by atoms with Gasteiger partial charge in [-0.05, 0) is 42.8 Å². The molecule has 2 N–H and O–H groups in total. The number of amides is 1. The molecule has 1 amide bonds. The van der Waals surface area contributed by atoms with Gasteiger partial charge >= 0.3 is 0 Å². The van der Waals surface area contributed by atoms with Crippen LogP contribution in [0.5, 0.6) is 11.5 Å². The number of carbonyl (C=O) groups excluding carboxylic acids is 1. The summed E-state index contributed by atoms with van der Waals surface area (Å²) in [5, 5.41) is 0. The molecule has 0 spiro atoms. The summed E-state index contributed by atoms with van der Waals surface area (Å²) < 4.78 is 33.4. The molecule has 2 aliphatic heterocycles. The molecule has 1 fully saturated rings. The van der Waals surface area contributed by atoms with Crippen LogP contribution in [0.4, 0.5) is 0 Å². The van der Waals surface area contributed by atoms with E-state index in [0.717, 1.165) is 31.0 Å². The van der Waals surface area contributed by atoms with Crippen molar-refractivity contribution >= 4 is 16.7 Å². The highest BCUT2D eigenvalue weighted by Gasteiger charge is 2.41. The minimum absolute atomic E-state index is 0.0697. The molecular formula is C20H24N2O5S. The van der Waals surface area contributed by atoms with Crippen molar-refractivity contribution < 1.29 is 23.4 Å². The largest absolute Gasteiger partial charge is 0.497 e. The topological polar surface area (TPSA) is 82.5 Å². The first-order valence-corrected chi connectivity index (χ1v) is 10.7. The van der Waals surface area contributed by atoms with E-state index in [-0.39, 0.29) is 18.6 Å². The third-order valence-corrected chi connectivity index (χ3v) is 7.07. The summed E-state index contributed by atoms with van der Waals surface area (Å²) in [6.45, 7) is 2.42. The smallest absolute Gasteiger partial charge is 0.274 e. The fourth-order valence-electron chi connectivity index (χ4n) is 3.66. The number of nitrogens with zero attached hydrogens (tertiary/aromatic N) is 2. The predicted octanol–water partition coefficient (Wildman–Crippen LogP) is 3.33. The quantitative estimate of drug-likeness (QED) is 0.769. The maximum Gasteiger partial charge on any atom is 0.274 e. The molecule has 28 heavy (non-hydrogen) atoms. The molecule has 0 bridgehead atoms. The average molecular weight is 404 g/mol. The van der Waals surface area contributed by atoms with Crippen LogP contribution in [0.3, 0.4) is 0 Å². The Morgan fingerprint density at radius 3 is 2.50 bits per heavy atom. The normalized spacial score (nSPS) is 22.2. The molecule has 0 aliphatic carbocycles. The van der Waals surface area contributed by atoms with Crippen LogP contribution in [0, 0.1) is 0 Å². The first kappa shape index (κ1) is 19.1. The van der Waals surface area contributed by atoms with Gasteiger partial charge < -0.3 is 9.47 Å². The fraction of sp³-hybridized carbons (Fsp3) is 0.350. The maximum absolute atomic E-state index is 12.5. The molecule has 2 heterocycles. The Morgan fingerprint density at radius 2 is 1.79 bits per heavy atom. The standard InChI is InChI=1S/C20H24N2O5S/c1-26-15-6-8-16(9-7-15)27-17-10-11-21(14-17)12-13-22-20(23)18-4-2-3-5-19(18)28(22,24)25/h2-9,17,24-25H,10-14H2,1H3. The van der Waals surface area contributed by atoms with Crippen molar-refractivity contribution in [2.24, 2.45) is 0 Å². The Balaban J connectivity index is 1.32. The van der Waals surface area contributed by atoms with E-state index < -0.39 is 10.8 Å². The number of rotatable bonds is 6. The van der Waals surface area contributed by atoms with Crippen LogP contribution in [-0.2, 0) is 0 Å². The Kier molecular flexibility index (Phi) is 5.20. The molecule has 1 saturated heterocycles. The number of ether oxygens (including phenoxy) is 2. The molecule has 0 radical (unpaired) electrons. The van der Waals surface area contributed by atoms with Crippen molar-refractivity contribution in [3.05, 3.63) is 54.1 Å². The molecule has 8 heteroatoms. The highest BCUT2D eigenvalue weighted by molar-refractivity contribution is 8.23. The van der Waals surface area contributed by atoms with Crippen LogP contribution in [0.2, 0.25) is 0 Å². The van der Waals surface area contributed by atoms with E-state index in [2.05, 4.69) is 4.90 Å². The second-order valence-corrected chi connectivity index (χ2v) is 8.85. The Labute approximate surface area is 166 Å². The lowest BCUT2D eigenvalue weighted by Crippen LogP contribution is -2.36. The summed E-state index contributed by atoms with van der Waals surface area (Å²) in [5.74, 6) is 1.27. The Hall–Kier alpha value is -2.26. The van der Waals surface area contributed by atoms with Gasteiger partial charge in [-0.3, -0.25) is 18.8 Å². The molecule has 7 nitrogen and oxygen atoms in total. The molecular weight excluding hydrogens is 380 g/mol. The van der Waals surface area contributed by atoms with Gasteiger partial charge in [-0.2, -0.15) is 0 Å². The molecule has 150 valence electrons. The van der Waals surface area contributed by atoms with E-state index in [1.54, 1.807) is 31.4 Å². The van der Waals surface area contributed by atoms with Crippen LogP contribution in [0.1, 0.15) is 16.8 Å². The summed E-state index contributed by atoms with van der Waals surface area (Å²) in [4.78, 5) is 15.1. The van der Waals surface area contributed by atoms with Crippen LogP contribution in [0.15, 0.2) is 53.4 Å². The van der Waals surface area contributed by atoms with E-state index in [1.807, 2.05) is 24.3 Å². The summed E-state index contributed by atoms with van der Waals surface area (Å²) >= 11 is 0. The van der Waals surface area contributed by atoms with Gasteiger partial charge in [0.15, 0.2) is 0 Å². The van der Waals surface area contributed by atoms with Crippen LogP contribution in [0.25, 0.3) is 0 Å². The van der Waals surface area contributed by atoms with Gasteiger partial charge in [0.25, 0.3) is 5.91 Å². The number of benzene rings is 2. The fourth-order valence-corrected chi connectivity index (χ4v) is 5.27. The lowest BCUT2D eigenvalue weighted by molar-refractivity contribution is 0.0852. The monoisotopic (exact) mass is 404 g/mol. The molecule has 0 aromatic heterocycles. The summed E-state index contributed by atoms with van der Waals surface area (Å²) in [5.41, 5.74) is 0.379. The minimum Gasteiger partial charge on any atom is -0.497 e. The molecule has 1 atom stereocenters. The SMILES string of the molecule is COc1ccc(OC2CCN(CCN3C(=O)c4ccccc4S3(O)O)C2)cc1. The molecule has 4 rings (SSSR count). The van der Waals surface area contributed by atoms with E-state index in [0.29, 0.717) is 17.0 Å². The maximum atomic E-state index is 12.5. The van der Waals surface area contributed by atoms with Gasteiger partial charge in [0.1, 0.15) is 17.6 Å². The van der Waals surface area contributed by atoms with Gasteiger partial charge in [0.05, 0.1) is 24.1 Å². The molecule has 2 aliphatic rings. The molecule has 2 aromatic carbocycles. The number of hydrogen-bond acceptors (Lipinski definition) is 6. The van der Waals surface area contributed by atoms with Gasteiger partial charge in [-0.25, -0.2) is 4.31 Å². The third kappa shape index (κ3) is 3.56. The number of fused-ring (bicyclic) bond motifs is 1. The van der Waals surface area contributed by atoms with Crippen molar-refractivity contribution in [2.45, 2.75) is 17.4 Å². The van der Waals surface area contributed by atoms with E-state index in [9.17, 15) is 13.9 Å². The first-order valence-electron chi connectivity index (χ1n) is 9.21. The zero-order valence-corrected chi connectivity index (χ0v) is 16.5. The predicted molar refractivity (Wildman–Crippen MR) is 107 cm³/mol. The Morgan fingerprint density at radius 1 is 1.07 bits per heavy atom. The number of methoxy groups -OCH3 is 1. The van der Waals surface area contributed by atoms with E-state index in [1.165, 1.54) is 4.31 Å². The lowest BCUT2D eigenvalue weighted by Gasteiger charge is -2.37. The summed E-state index contributed by atoms with van der Waals surface area (Å²) in [6, 6.07) is 14.2. The van der Waals surface area contributed by atoms with Gasteiger partial charge in [0, 0.05) is 19.6 Å². The van der Waals surface area contributed by atoms with Crippen LogP contribution in [-0.4, -0.2) is 63.6 Å². The summed E-state index contributed by atoms with van der Waals surface area (Å²) in [7, 11) is -1.61. The van der Waals surface area contributed by atoms with Gasteiger partial charge in [0.2, 0.25) is 0 Å². The zero-order valence-electron chi connectivity index (χ0n) is 15.7. The highest BCUT2D eigenvalue weighted by atomic mass is 32.3. The first-order chi connectivity index (χ1) is 13.5.